The van der Waals surface area contributed by atoms with Gasteiger partial charge in [-0.05, 0) is 44.6 Å². The van der Waals surface area contributed by atoms with E-state index in [2.05, 4.69) is 22.5 Å². The molecule has 4 heteroatoms. The standard InChI is InChI=1S/C17H27N3O/c1-4-5-13-6-8-14(9-7-13)20-17(21)15-11-19-12(2)10-16(15)18-3/h10-11,13-14H,4-9H2,1-3H3,(H,18,19)(H,20,21). The minimum atomic E-state index is -0.00853. The number of aryl methyl sites for hydroxylation is 1. The van der Waals surface area contributed by atoms with E-state index < -0.39 is 0 Å². The number of hydrogen-bond acceptors (Lipinski definition) is 3. The molecule has 21 heavy (non-hydrogen) atoms. The van der Waals surface area contributed by atoms with Crippen LogP contribution in [0.25, 0.3) is 0 Å². The van der Waals surface area contributed by atoms with Gasteiger partial charge in [0, 0.05) is 25.0 Å². The average molecular weight is 289 g/mol. The number of rotatable bonds is 5. The Hall–Kier alpha value is -1.58. The molecular weight excluding hydrogens is 262 g/mol. The molecule has 0 radical (unpaired) electrons. The molecule has 0 unspecified atom stereocenters. The molecule has 0 atom stereocenters. The van der Waals surface area contributed by atoms with Crippen LogP contribution in [0.3, 0.4) is 0 Å². The van der Waals surface area contributed by atoms with E-state index in [-0.39, 0.29) is 5.91 Å². The lowest BCUT2D eigenvalue weighted by atomic mass is 9.83. The molecule has 1 fully saturated rings. The van der Waals surface area contributed by atoms with Gasteiger partial charge in [0.05, 0.1) is 11.3 Å². The number of nitrogens with one attached hydrogen (secondary N) is 2. The van der Waals surface area contributed by atoms with Gasteiger partial charge in [-0.25, -0.2) is 0 Å². The number of carbonyl (C=O) groups excluding carboxylic acids is 1. The van der Waals surface area contributed by atoms with Crippen LogP contribution in [0.5, 0.6) is 0 Å². The lowest BCUT2D eigenvalue weighted by Gasteiger charge is -2.29. The highest BCUT2D eigenvalue weighted by Gasteiger charge is 2.23. The Labute approximate surface area is 127 Å². The van der Waals surface area contributed by atoms with Crippen molar-refractivity contribution in [3.05, 3.63) is 23.5 Å². The van der Waals surface area contributed by atoms with Crippen LogP contribution < -0.4 is 10.6 Å². The fourth-order valence-electron chi connectivity index (χ4n) is 3.21. The third kappa shape index (κ3) is 4.19. The van der Waals surface area contributed by atoms with Gasteiger partial charge in [-0.3, -0.25) is 9.78 Å². The highest BCUT2D eigenvalue weighted by Crippen LogP contribution is 2.28. The zero-order valence-corrected chi connectivity index (χ0v) is 13.4. The second-order valence-electron chi connectivity index (χ2n) is 6.10. The highest BCUT2D eigenvalue weighted by molar-refractivity contribution is 5.99. The van der Waals surface area contributed by atoms with Crippen LogP contribution in [0.15, 0.2) is 12.3 Å². The number of anilines is 1. The van der Waals surface area contributed by atoms with E-state index in [9.17, 15) is 4.79 Å². The van der Waals surface area contributed by atoms with E-state index in [4.69, 9.17) is 0 Å². The molecule has 0 aromatic carbocycles. The highest BCUT2D eigenvalue weighted by atomic mass is 16.1. The van der Waals surface area contributed by atoms with Gasteiger partial charge in [0.25, 0.3) is 5.91 Å². The molecule has 2 rings (SSSR count). The molecule has 0 saturated heterocycles. The predicted octanol–water partition coefficient (Wildman–Crippen LogP) is 3.52. The largest absolute Gasteiger partial charge is 0.387 e. The van der Waals surface area contributed by atoms with Crippen LogP contribution in [-0.2, 0) is 0 Å². The number of nitrogens with zero attached hydrogens (tertiary/aromatic N) is 1. The van der Waals surface area contributed by atoms with Crippen molar-refractivity contribution in [1.82, 2.24) is 10.3 Å². The summed E-state index contributed by atoms with van der Waals surface area (Å²) < 4.78 is 0. The zero-order chi connectivity index (χ0) is 15.2. The van der Waals surface area contributed by atoms with E-state index in [0.717, 1.165) is 30.1 Å². The van der Waals surface area contributed by atoms with Crippen molar-refractivity contribution in [3.8, 4) is 0 Å². The Kier molecular flexibility index (Phi) is 5.59. The van der Waals surface area contributed by atoms with Crippen molar-refractivity contribution >= 4 is 11.6 Å². The van der Waals surface area contributed by atoms with Gasteiger partial charge >= 0.3 is 0 Å². The summed E-state index contributed by atoms with van der Waals surface area (Å²) in [5.41, 5.74) is 2.40. The summed E-state index contributed by atoms with van der Waals surface area (Å²) in [6.45, 7) is 4.18. The maximum absolute atomic E-state index is 12.4. The summed E-state index contributed by atoms with van der Waals surface area (Å²) in [7, 11) is 1.83. The van der Waals surface area contributed by atoms with Crippen LogP contribution in [0.4, 0.5) is 5.69 Å². The number of aromatic nitrogens is 1. The fourth-order valence-corrected chi connectivity index (χ4v) is 3.21. The number of pyridine rings is 1. The minimum Gasteiger partial charge on any atom is -0.387 e. The van der Waals surface area contributed by atoms with Gasteiger partial charge in [0.2, 0.25) is 0 Å². The Balaban J connectivity index is 1.93. The van der Waals surface area contributed by atoms with Crippen LogP contribution in [0, 0.1) is 12.8 Å². The Morgan fingerprint density at radius 3 is 2.67 bits per heavy atom. The third-order valence-electron chi connectivity index (χ3n) is 4.43. The molecule has 4 nitrogen and oxygen atoms in total. The van der Waals surface area contributed by atoms with Crippen LogP contribution >= 0.6 is 0 Å². The molecule has 1 aromatic heterocycles. The molecule has 0 spiro atoms. The zero-order valence-electron chi connectivity index (χ0n) is 13.4. The number of amides is 1. The number of hydrogen-bond donors (Lipinski definition) is 2. The smallest absolute Gasteiger partial charge is 0.255 e. The Morgan fingerprint density at radius 2 is 2.05 bits per heavy atom. The molecule has 1 aromatic rings. The van der Waals surface area contributed by atoms with Gasteiger partial charge in [-0.15, -0.1) is 0 Å². The lowest BCUT2D eigenvalue weighted by Crippen LogP contribution is -2.38. The maximum atomic E-state index is 12.4. The molecule has 0 bridgehead atoms. The van der Waals surface area contributed by atoms with E-state index >= 15 is 0 Å². The summed E-state index contributed by atoms with van der Waals surface area (Å²) in [6, 6.07) is 2.23. The van der Waals surface area contributed by atoms with Crippen molar-refractivity contribution in [2.45, 2.75) is 58.4 Å². The molecule has 1 heterocycles. The second kappa shape index (κ2) is 7.43. The fraction of sp³-hybridized carbons (Fsp3) is 0.647. The molecule has 116 valence electrons. The van der Waals surface area contributed by atoms with Crippen molar-refractivity contribution in [1.29, 1.82) is 0 Å². The van der Waals surface area contributed by atoms with Crippen molar-refractivity contribution in [2.75, 3.05) is 12.4 Å². The molecular formula is C17H27N3O. The quantitative estimate of drug-likeness (QED) is 0.872. The molecule has 1 amide bonds. The second-order valence-corrected chi connectivity index (χ2v) is 6.10. The van der Waals surface area contributed by atoms with Crippen LogP contribution in [0.2, 0.25) is 0 Å². The normalized spacial score (nSPS) is 21.9. The first-order valence-electron chi connectivity index (χ1n) is 8.09. The van der Waals surface area contributed by atoms with Crippen LogP contribution in [0.1, 0.15) is 61.5 Å². The van der Waals surface area contributed by atoms with E-state index in [1.54, 1.807) is 6.20 Å². The predicted molar refractivity (Wildman–Crippen MR) is 86.6 cm³/mol. The summed E-state index contributed by atoms with van der Waals surface area (Å²) in [4.78, 5) is 16.7. The van der Waals surface area contributed by atoms with E-state index in [0.29, 0.717) is 11.6 Å². The summed E-state index contributed by atoms with van der Waals surface area (Å²) >= 11 is 0. The molecule has 0 aliphatic heterocycles. The van der Waals surface area contributed by atoms with E-state index in [1.165, 1.54) is 25.7 Å². The van der Waals surface area contributed by atoms with Crippen molar-refractivity contribution in [3.63, 3.8) is 0 Å². The van der Waals surface area contributed by atoms with Gasteiger partial charge in [0.1, 0.15) is 0 Å². The van der Waals surface area contributed by atoms with E-state index in [1.807, 2.05) is 20.0 Å². The van der Waals surface area contributed by atoms with Gasteiger partial charge in [0.15, 0.2) is 0 Å². The first kappa shape index (κ1) is 15.8. The maximum Gasteiger partial charge on any atom is 0.255 e. The molecule has 1 saturated carbocycles. The summed E-state index contributed by atoms with van der Waals surface area (Å²) in [5, 5.41) is 6.25. The first-order chi connectivity index (χ1) is 10.1. The first-order valence-corrected chi connectivity index (χ1v) is 8.09. The summed E-state index contributed by atoms with van der Waals surface area (Å²) in [6.07, 6.45) is 8.94. The molecule has 1 aliphatic rings. The Morgan fingerprint density at radius 1 is 1.33 bits per heavy atom. The van der Waals surface area contributed by atoms with Gasteiger partial charge in [-0.2, -0.15) is 0 Å². The van der Waals surface area contributed by atoms with Crippen molar-refractivity contribution < 1.29 is 4.79 Å². The third-order valence-corrected chi connectivity index (χ3v) is 4.43. The minimum absolute atomic E-state index is 0.00853. The monoisotopic (exact) mass is 289 g/mol. The summed E-state index contributed by atoms with van der Waals surface area (Å²) in [5.74, 6) is 0.850. The van der Waals surface area contributed by atoms with Gasteiger partial charge in [-0.1, -0.05) is 19.8 Å². The van der Waals surface area contributed by atoms with Crippen molar-refractivity contribution in [2.24, 2.45) is 5.92 Å². The number of carbonyl (C=O) groups is 1. The lowest BCUT2D eigenvalue weighted by molar-refractivity contribution is 0.0921. The van der Waals surface area contributed by atoms with Crippen LogP contribution in [-0.4, -0.2) is 24.0 Å². The SMILES string of the molecule is CCCC1CCC(NC(=O)c2cnc(C)cc2NC)CC1. The molecule has 1 aliphatic carbocycles. The molecule has 2 N–H and O–H groups in total. The van der Waals surface area contributed by atoms with Gasteiger partial charge < -0.3 is 10.6 Å². The Bertz CT molecular complexity index is 479. The topological polar surface area (TPSA) is 54.0 Å². The average Bonchev–Trinajstić information content (AvgIpc) is 2.49.